The zero-order valence-corrected chi connectivity index (χ0v) is 13.5. The van der Waals surface area contributed by atoms with E-state index >= 15 is 0 Å². The molecule has 2 rings (SSSR count). The lowest BCUT2D eigenvalue weighted by atomic mass is 10.2. The molecule has 2 N–H and O–H groups in total. The second-order valence-corrected chi connectivity index (χ2v) is 8.87. The van der Waals surface area contributed by atoms with Gasteiger partial charge in [0, 0.05) is 29.4 Å². The van der Waals surface area contributed by atoms with Crippen LogP contribution in [0.2, 0.25) is 0 Å². The molecular formula is C13H18N2O4S2. The highest BCUT2D eigenvalue weighted by Crippen LogP contribution is 2.29. The van der Waals surface area contributed by atoms with E-state index in [2.05, 4.69) is 0 Å². The lowest BCUT2D eigenvalue weighted by molar-refractivity contribution is 0.588. The Morgan fingerprint density at radius 1 is 1.14 bits per heavy atom. The minimum absolute atomic E-state index is 0.0592. The van der Waals surface area contributed by atoms with Crippen LogP contribution >= 0.6 is 0 Å². The number of benzene rings is 1. The molecule has 0 fully saturated rings. The van der Waals surface area contributed by atoms with Gasteiger partial charge in [-0.2, -0.15) is 0 Å². The zero-order chi connectivity index (χ0) is 15.8. The van der Waals surface area contributed by atoms with Gasteiger partial charge >= 0.3 is 0 Å². The second kappa shape index (κ2) is 5.43. The maximum atomic E-state index is 11.8. The summed E-state index contributed by atoms with van der Waals surface area (Å²) in [5.41, 5.74) is 1.28. The van der Waals surface area contributed by atoms with Gasteiger partial charge in [-0.3, -0.25) is 0 Å². The number of nitrogens with zero attached hydrogens (tertiary/aromatic N) is 1. The van der Waals surface area contributed by atoms with Gasteiger partial charge < -0.3 is 4.57 Å². The number of rotatable bonds is 5. The molecule has 0 aliphatic heterocycles. The molecular weight excluding hydrogens is 312 g/mol. The van der Waals surface area contributed by atoms with Crippen molar-refractivity contribution in [2.75, 3.05) is 12.0 Å². The van der Waals surface area contributed by atoms with Crippen molar-refractivity contribution < 1.29 is 16.8 Å². The molecule has 0 atom stereocenters. The van der Waals surface area contributed by atoms with E-state index in [-0.39, 0.29) is 10.6 Å². The third-order valence-electron chi connectivity index (χ3n) is 3.35. The number of fused-ring (bicyclic) bond motifs is 1. The van der Waals surface area contributed by atoms with Gasteiger partial charge in [0.2, 0.25) is 10.0 Å². The van der Waals surface area contributed by atoms with Crippen molar-refractivity contribution in [2.45, 2.75) is 24.8 Å². The van der Waals surface area contributed by atoms with Crippen molar-refractivity contribution in [1.82, 2.24) is 4.57 Å². The minimum Gasteiger partial charge on any atom is -0.343 e. The third kappa shape index (κ3) is 3.45. The number of aromatic nitrogens is 1. The fraction of sp³-hybridized carbons (Fsp3) is 0.385. The van der Waals surface area contributed by atoms with Crippen LogP contribution in [0.15, 0.2) is 29.2 Å². The fourth-order valence-electron chi connectivity index (χ4n) is 2.53. The van der Waals surface area contributed by atoms with Gasteiger partial charge in [0.15, 0.2) is 0 Å². The molecule has 0 radical (unpaired) electrons. The fourth-order valence-corrected chi connectivity index (χ4v) is 4.19. The normalized spacial score (nSPS) is 12.9. The van der Waals surface area contributed by atoms with Crippen molar-refractivity contribution >= 4 is 30.8 Å². The van der Waals surface area contributed by atoms with Crippen molar-refractivity contribution in [3.05, 3.63) is 30.0 Å². The summed E-state index contributed by atoms with van der Waals surface area (Å²) >= 11 is 0. The van der Waals surface area contributed by atoms with Crippen LogP contribution in [0.4, 0.5) is 0 Å². The molecule has 1 heterocycles. The summed E-state index contributed by atoms with van der Waals surface area (Å²) in [4.78, 5) is 0.109. The molecule has 0 aliphatic carbocycles. The average Bonchev–Trinajstić information content (AvgIpc) is 2.60. The van der Waals surface area contributed by atoms with Crippen LogP contribution in [0.25, 0.3) is 10.9 Å². The largest absolute Gasteiger partial charge is 0.343 e. The number of primary sulfonamides is 1. The second-order valence-electron chi connectivity index (χ2n) is 5.11. The maximum Gasteiger partial charge on any atom is 0.240 e. The van der Waals surface area contributed by atoms with E-state index < -0.39 is 19.9 Å². The Balaban J connectivity index is 2.52. The predicted molar refractivity (Wildman–Crippen MR) is 82.4 cm³/mol. The highest BCUT2D eigenvalue weighted by atomic mass is 32.2. The van der Waals surface area contributed by atoms with Crippen LogP contribution in [-0.2, 0) is 26.4 Å². The number of sulfonamides is 1. The van der Waals surface area contributed by atoms with Gasteiger partial charge in [-0.05, 0) is 19.4 Å². The van der Waals surface area contributed by atoms with E-state index in [1.165, 1.54) is 6.26 Å². The SMILES string of the molecule is Cc1c(S(N)(=O)=O)c2ccccc2n1CCCS(C)(=O)=O. The van der Waals surface area contributed by atoms with E-state index in [1.807, 2.05) is 6.07 Å². The van der Waals surface area contributed by atoms with Gasteiger partial charge in [-0.15, -0.1) is 0 Å². The Morgan fingerprint density at radius 2 is 1.76 bits per heavy atom. The zero-order valence-electron chi connectivity index (χ0n) is 11.9. The summed E-state index contributed by atoms with van der Waals surface area (Å²) in [5.74, 6) is 0.0592. The highest BCUT2D eigenvalue weighted by molar-refractivity contribution is 7.90. The first-order valence-electron chi connectivity index (χ1n) is 6.39. The first-order valence-corrected chi connectivity index (χ1v) is 10.0. The van der Waals surface area contributed by atoms with Crippen molar-refractivity contribution in [3.63, 3.8) is 0 Å². The number of aryl methyl sites for hydroxylation is 1. The standard InChI is InChI=1S/C13H18N2O4S2/c1-10-13(21(14,18)19)11-6-3-4-7-12(11)15(10)8-5-9-20(2,16)17/h3-4,6-7H,5,8-9H2,1-2H3,(H2,14,18,19). The summed E-state index contributed by atoms with van der Waals surface area (Å²) in [6.07, 6.45) is 1.60. The number of sulfone groups is 1. The predicted octanol–water partition coefficient (Wildman–Crippen LogP) is 1.03. The number of hydrogen-bond acceptors (Lipinski definition) is 4. The molecule has 2 aromatic rings. The summed E-state index contributed by atoms with van der Waals surface area (Å²) in [5, 5.41) is 5.86. The summed E-state index contributed by atoms with van der Waals surface area (Å²) < 4.78 is 47.8. The van der Waals surface area contributed by atoms with Crippen molar-refractivity contribution in [2.24, 2.45) is 5.14 Å². The van der Waals surface area contributed by atoms with Crippen LogP contribution < -0.4 is 5.14 Å². The Bertz CT molecular complexity index is 880. The molecule has 0 bridgehead atoms. The Morgan fingerprint density at radius 3 is 2.33 bits per heavy atom. The Labute approximate surface area is 124 Å². The van der Waals surface area contributed by atoms with E-state index in [0.717, 1.165) is 5.52 Å². The summed E-state index contributed by atoms with van der Waals surface area (Å²) in [6, 6.07) is 7.06. The van der Waals surface area contributed by atoms with Gasteiger partial charge in [-0.25, -0.2) is 22.0 Å². The lowest BCUT2D eigenvalue weighted by Crippen LogP contribution is -2.14. The summed E-state index contributed by atoms with van der Waals surface area (Å²) in [7, 11) is -6.87. The molecule has 1 aromatic carbocycles. The molecule has 0 saturated heterocycles. The van der Waals surface area contributed by atoms with Crippen molar-refractivity contribution in [1.29, 1.82) is 0 Å². The van der Waals surface area contributed by atoms with E-state index in [0.29, 0.717) is 24.0 Å². The van der Waals surface area contributed by atoms with Crippen LogP contribution in [0.5, 0.6) is 0 Å². The van der Waals surface area contributed by atoms with Crippen LogP contribution in [0.3, 0.4) is 0 Å². The molecule has 0 amide bonds. The van der Waals surface area contributed by atoms with Gasteiger partial charge in [-0.1, -0.05) is 18.2 Å². The maximum absolute atomic E-state index is 11.8. The molecule has 116 valence electrons. The van der Waals surface area contributed by atoms with Crippen LogP contribution in [-0.4, -0.2) is 33.4 Å². The van der Waals surface area contributed by atoms with Crippen molar-refractivity contribution in [3.8, 4) is 0 Å². The number of hydrogen-bond donors (Lipinski definition) is 1. The Hall–Kier alpha value is -1.38. The quantitative estimate of drug-likeness (QED) is 0.885. The third-order valence-corrected chi connectivity index (χ3v) is 5.47. The average molecular weight is 330 g/mol. The van der Waals surface area contributed by atoms with E-state index in [9.17, 15) is 16.8 Å². The van der Waals surface area contributed by atoms with Crippen LogP contribution in [0.1, 0.15) is 12.1 Å². The summed E-state index contributed by atoms with van der Waals surface area (Å²) in [6.45, 7) is 2.11. The first-order chi connectivity index (χ1) is 9.61. The first kappa shape index (κ1) is 16.0. The smallest absolute Gasteiger partial charge is 0.240 e. The van der Waals surface area contributed by atoms with Gasteiger partial charge in [0.1, 0.15) is 14.7 Å². The highest BCUT2D eigenvalue weighted by Gasteiger charge is 2.21. The molecule has 8 heteroatoms. The number of nitrogens with two attached hydrogens (primary N) is 1. The van der Waals surface area contributed by atoms with Gasteiger partial charge in [0.05, 0.1) is 5.75 Å². The molecule has 1 aromatic heterocycles. The monoisotopic (exact) mass is 330 g/mol. The topological polar surface area (TPSA) is 99.2 Å². The minimum atomic E-state index is -3.83. The molecule has 0 unspecified atom stereocenters. The molecule has 0 aliphatic rings. The molecule has 0 saturated carbocycles. The molecule has 0 spiro atoms. The lowest BCUT2D eigenvalue weighted by Gasteiger charge is -2.08. The molecule has 21 heavy (non-hydrogen) atoms. The van der Waals surface area contributed by atoms with Gasteiger partial charge in [0.25, 0.3) is 0 Å². The van der Waals surface area contributed by atoms with E-state index in [4.69, 9.17) is 5.14 Å². The van der Waals surface area contributed by atoms with E-state index in [1.54, 1.807) is 29.7 Å². The number of para-hydroxylation sites is 1. The Kier molecular flexibility index (Phi) is 4.14. The van der Waals surface area contributed by atoms with Crippen LogP contribution in [0, 0.1) is 6.92 Å². The molecule has 6 nitrogen and oxygen atoms in total.